The van der Waals surface area contributed by atoms with Crippen molar-refractivity contribution in [2.45, 2.75) is 19.9 Å². The third kappa shape index (κ3) is 2.00. The Kier molecular flexibility index (Phi) is 2.83. The maximum Gasteiger partial charge on any atom is 0.332 e. The van der Waals surface area contributed by atoms with Crippen LogP contribution in [0.3, 0.4) is 0 Å². The van der Waals surface area contributed by atoms with Crippen LogP contribution in [-0.4, -0.2) is 29.4 Å². The average molecular weight is 236 g/mol. The summed E-state index contributed by atoms with van der Waals surface area (Å²) in [6, 6.07) is 4.93. The third-order valence-electron chi connectivity index (χ3n) is 2.70. The lowest BCUT2D eigenvalue weighted by atomic mass is 10.3. The first-order chi connectivity index (χ1) is 8.00. The van der Waals surface area contributed by atoms with E-state index in [0.29, 0.717) is 5.69 Å². The van der Waals surface area contributed by atoms with Gasteiger partial charge in [0.2, 0.25) is 0 Å². The summed E-state index contributed by atoms with van der Waals surface area (Å²) in [5.74, 6) is -0.677. The van der Waals surface area contributed by atoms with E-state index in [4.69, 9.17) is 0 Å². The van der Waals surface area contributed by atoms with E-state index in [2.05, 4.69) is 0 Å². The maximum atomic E-state index is 12.8. The van der Waals surface area contributed by atoms with Crippen LogP contribution in [0.5, 0.6) is 0 Å². The molecular weight excluding hydrogens is 223 g/mol. The first-order valence-electron chi connectivity index (χ1n) is 5.40. The molecule has 17 heavy (non-hydrogen) atoms. The second-order valence-corrected chi connectivity index (χ2v) is 4.21. The number of imide groups is 1. The van der Waals surface area contributed by atoms with Gasteiger partial charge in [-0.05, 0) is 38.1 Å². The fourth-order valence-electron chi connectivity index (χ4n) is 1.77. The smallest absolute Gasteiger partial charge is 0.312 e. The maximum absolute atomic E-state index is 12.8. The van der Waals surface area contributed by atoms with Crippen LogP contribution < -0.4 is 4.90 Å². The number of hydrogen-bond acceptors (Lipinski definition) is 2. The van der Waals surface area contributed by atoms with Crippen molar-refractivity contribution >= 4 is 17.6 Å². The van der Waals surface area contributed by atoms with E-state index in [1.807, 2.05) is 13.8 Å². The van der Waals surface area contributed by atoms with Crippen molar-refractivity contribution < 1.29 is 14.0 Å². The van der Waals surface area contributed by atoms with Gasteiger partial charge < -0.3 is 4.90 Å². The Morgan fingerprint density at radius 3 is 2.24 bits per heavy atom. The van der Waals surface area contributed by atoms with Gasteiger partial charge in [0.1, 0.15) is 12.4 Å². The molecule has 1 heterocycles. The summed E-state index contributed by atoms with van der Waals surface area (Å²) in [4.78, 5) is 26.3. The Hall–Kier alpha value is -1.91. The highest BCUT2D eigenvalue weighted by Crippen LogP contribution is 2.22. The first kappa shape index (κ1) is 11.6. The SMILES string of the molecule is CC(C)N1CC(=O)N(c2ccc(F)cc2)C1=O. The molecule has 0 spiro atoms. The van der Waals surface area contributed by atoms with Crippen LogP contribution in [0.1, 0.15) is 13.8 Å². The predicted octanol–water partition coefficient (Wildman–Crippen LogP) is 2.00. The van der Waals surface area contributed by atoms with Crippen LogP contribution in [0.25, 0.3) is 0 Å². The minimum absolute atomic E-state index is 0.0306. The van der Waals surface area contributed by atoms with Crippen molar-refractivity contribution in [3.05, 3.63) is 30.1 Å². The third-order valence-corrected chi connectivity index (χ3v) is 2.70. The van der Waals surface area contributed by atoms with Crippen molar-refractivity contribution in [3.8, 4) is 0 Å². The van der Waals surface area contributed by atoms with Gasteiger partial charge in [-0.2, -0.15) is 0 Å². The van der Waals surface area contributed by atoms with E-state index in [0.717, 1.165) is 4.90 Å². The molecule has 1 aromatic carbocycles. The van der Waals surface area contributed by atoms with Gasteiger partial charge in [-0.1, -0.05) is 0 Å². The van der Waals surface area contributed by atoms with Gasteiger partial charge in [0.25, 0.3) is 5.91 Å². The molecule has 0 aliphatic carbocycles. The van der Waals surface area contributed by atoms with Crippen molar-refractivity contribution in [2.75, 3.05) is 11.4 Å². The highest BCUT2D eigenvalue weighted by Gasteiger charge is 2.38. The lowest BCUT2D eigenvalue weighted by Crippen LogP contribution is -2.36. The summed E-state index contributed by atoms with van der Waals surface area (Å²) >= 11 is 0. The Morgan fingerprint density at radius 1 is 1.18 bits per heavy atom. The molecule has 5 heteroatoms. The number of benzene rings is 1. The van der Waals surface area contributed by atoms with Crippen molar-refractivity contribution in [3.63, 3.8) is 0 Å². The molecule has 1 fully saturated rings. The number of amides is 3. The molecule has 1 aliphatic rings. The average Bonchev–Trinajstić information content (AvgIpc) is 2.56. The quantitative estimate of drug-likeness (QED) is 0.737. The molecule has 0 saturated carbocycles. The van der Waals surface area contributed by atoms with Gasteiger partial charge in [-0.3, -0.25) is 4.79 Å². The number of carbonyl (C=O) groups excluding carboxylic acids is 2. The van der Waals surface area contributed by atoms with Crippen LogP contribution in [0, 0.1) is 5.82 Å². The molecule has 1 saturated heterocycles. The largest absolute Gasteiger partial charge is 0.332 e. The predicted molar refractivity (Wildman–Crippen MR) is 61.1 cm³/mol. The Morgan fingerprint density at radius 2 is 1.76 bits per heavy atom. The zero-order valence-electron chi connectivity index (χ0n) is 9.68. The van der Waals surface area contributed by atoms with Gasteiger partial charge in [0.15, 0.2) is 0 Å². The topological polar surface area (TPSA) is 40.6 Å². The van der Waals surface area contributed by atoms with E-state index in [9.17, 15) is 14.0 Å². The molecule has 2 rings (SSSR count). The molecule has 0 N–H and O–H groups in total. The summed E-state index contributed by atoms with van der Waals surface area (Å²) in [7, 11) is 0. The molecule has 1 aromatic rings. The van der Waals surface area contributed by atoms with Crippen LogP contribution in [-0.2, 0) is 4.79 Å². The van der Waals surface area contributed by atoms with E-state index >= 15 is 0 Å². The number of rotatable bonds is 2. The van der Waals surface area contributed by atoms with Crippen LogP contribution in [0.2, 0.25) is 0 Å². The normalized spacial score (nSPS) is 16.2. The van der Waals surface area contributed by atoms with E-state index < -0.39 is 5.82 Å². The molecule has 0 radical (unpaired) electrons. The van der Waals surface area contributed by atoms with Crippen molar-refractivity contribution in [2.24, 2.45) is 0 Å². The summed E-state index contributed by atoms with van der Waals surface area (Å²) in [6.07, 6.45) is 0. The zero-order valence-corrected chi connectivity index (χ0v) is 9.68. The van der Waals surface area contributed by atoms with E-state index in [1.165, 1.54) is 29.2 Å². The van der Waals surface area contributed by atoms with Gasteiger partial charge in [-0.15, -0.1) is 0 Å². The number of anilines is 1. The van der Waals surface area contributed by atoms with E-state index in [1.54, 1.807) is 0 Å². The lowest BCUT2D eigenvalue weighted by molar-refractivity contribution is -0.116. The van der Waals surface area contributed by atoms with Gasteiger partial charge >= 0.3 is 6.03 Å². The summed E-state index contributed by atoms with van der Waals surface area (Å²) in [6.45, 7) is 3.77. The zero-order chi connectivity index (χ0) is 12.6. The molecule has 0 unspecified atom stereocenters. The lowest BCUT2D eigenvalue weighted by Gasteiger charge is -2.20. The van der Waals surface area contributed by atoms with Crippen LogP contribution in [0.15, 0.2) is 24.3 Å². The van der Waals surface area contributed by atoms with Gasteiger partial charge in [-0.25, -0.2) is 14.1 Å². The standard InChI is InChI=1S/C12H13FN2O2/c1-8(2)14-7-11(16)15(12(14)17)10-5-3-9(13)4-6-10/h3-6,8H,7H2,1-2H3. The molecule has 1 aliphatic heterocycles. The Labute approximate surface area is 98.6 Å². The number of hydrogen-bond donors (Lipinski definition) is 0. The van der Waals surface area contributed by atoms with Gasteiger partial charge in [0, 0.05) is 6.04 Å². The van der Waals surface area contributed by atoms with Crippen molar-refractivity contribution in [1.82, 2.24) is 4.90 Å². The highest BCUT2D eigenvalue weighted by molar-refractivity contribution is 6.19. The van der Waals surface area contributed by atoms with E-state index in [-0.39, 0.29) is 24.5 Å². The molecule has 4 nitrogen and oxygen atoms in total. The second-order valence-electron chi connectivity index (χ2n) is 4.21. The molecule has 0 aromatic heterocycles. The molecule has 90 valence electrons. The van der Waals surface area contributed by atoms with Crippen molar-refractivity contribution in [1.29, 1.82) is 0 Å². The summed E-state index contributed by atoms with van der Waals surface area (Å²) < 4.78 is 12.8. The number of nitrogens with zero attached hydrogens (tertiary/aromatic N) is 2. The minimum Gasteiger partial charge on any atom is -0.312 e. The molecule has 3 amide bonds. The second kappa shape index (κ2) is 4.16. The monoisotopic (exact) mass is 236 g/mol. The summed E-state index contributed by atoms with van der Waals surface area (Å²) in [5, 5.41) is 0. The Bertz CT molecular complexity index is 456. The molecule has 0 bridgehead atoms. The van der Waals surface area contributed by atoms with Gasteiger partial charge in [0.05, 0.1) is 5.69 Å². The number of carbonyl (C=O) groups is 2. The van der Waals surface area contributed by atoms with Crippen LogP contribution in [0.4, 0.5) is 14.9 Å². The summed E-state index contributed by atoms with van der Waals surface area (Å²) in [5.41, 5.74) is 0.407. The number of halogens is 1. The fraction of sp³-hybridized carbons (Fsp3) is 0.333. The Balaban J connectivity index is 2.30. The first-order valence-corrected chi connectivity index (χ1v) is 5.40. The number of urea groups is 1. The highest BCUT2D eigenvalue weighted by atomic mass is 19.1. The minimum atomic E-state index is -0.395. The fourth-order valence-corrected chi connectivity index (χ4v) is 1.77. The van der Waals surface area contributed by atoms with Crippen LogP contribution >= 0.6 is 0 Å². The molecule has 0 atom stereocenters. The molecular formula is C12H13FN2O2.